The van der Waals surface area contributed by atoms with Crippen LogP contribution in [-0.4, -0.2) is 21.2 Å². The predicted octanol–water partition coefficient (Wildman–Crippen LogP) is 3.46. The van der Waals surface area contributed by atoms with E-state index >= 15 is 0 Å². The number of hydrogen-bond donors (Lipinski definition) is 1. The Kier molecular flexibility index (Phi) is 3.12. The number of nitrogens with zero attached hydrogens (tertiary/aromatic N) is 2. The van der Waals surface area contributed by atoms with Crippen molar-refractivity contribution in [3.63, 3.8) is 0 Å². The van der Waals surface area contributed by atoms with Crippen LogP contribution in [0.2, 0.25) is 0 Å². The molecule has 0 aliphatic heterocycles. The summed E-state index contributed by atoms with van der Waals surface area (Å²) in [6.45, 7) is 3.69. The Morgan fingerprint density at radius 3 is 2.71 bits per heavy atom. The van der Waals surface area contributed by atoms with E-state index in [4.69, 9.17) is 4.52 Å². The fourth-order valence-electron chi connectivity index (χ4n) is 2.72. The molecule has 0 bridgehead atoms. The first-order valence-corrected chi connectivity index (χ1v) is 7.13. The highest BCUT2D eigenvalue weighted by molar-refractivity contribution is 9.10. The molecule has 1 fully saturated rings. The molecule has 3 rings (SSSR count). The van der Waals surface area contributed by atoms with Gasteiger partial charge in [0.2, 0.25) is 11.7 Å². The summed E-state index contributed by atoms with van der Waals surface area (Å²) in [6, 6.07) is 4.30. The van der Waals surface area contributed by atoms with Crippen LogP contribution >= 0.6 is 15.9 Å². The predicted molar refractivity (Wildman–Crippen MR) is 75.0 cm³/mol. The number of benzene rings is 1. The zero-order chi connectivity index (χ0) is 15.4. The number of aromatic nitrogens is 2. The first-order chi connectivity index (χ1) is 9.80. The second kappa shape index (κ2) is 4.62. The van der Waals surface area contributed by atoms with Crippen LogP contribution in [-0.2, 0) is 4.79 Å². The summed E-state index contributed by atoms with van der Waals surface area (Å²) < 4.78 is 19.1. The SMILES string of the molecule is CC1(C)C(C(=O)O)C1c1nc(-c2cc(F)cc(Br)c2)no1. The molecule has 1 aliphatic rings. The fourth-order valence-corrected chi connectivity index (χ4v) is 3.19. The topological polar surface area (TPSA) is 76.2 Å². The smallest absolute Gasteiger partial charge is 0.307 e. The molecule has 5 nitrogen and oxygen atoms in total. The van der Waals surface area contributed by atoms with Crippen molar-refractivity contribution in [2.75, 3.05) is 0 Å². The van der Waals surface area contributed by atoms with Crippen molar-refractivity contribution in [2.45, 2.75) is 19.8 Å². The van der Waals surface area contributed by atoms with E-state index < -0.39 is 23.1 Å². The molecular formula is C14H12BrFN2O3. The maximum Gasteiger partial charge on any atom is 0.307 e. The highest BCUT2D eigenvalue weighted by atomic mass is 79.9. The van der Waals surface area contributed by atoms with Gasteiger partial charge >= 0.3 is 5.97 Å². The molecule has 1 N–H and O–H groups in total. The lowest BCUT2D eigenvalue weighted by Crippen LogP contribution is -2.03. The second-order valence-electron chi connectivity index (χ2n) is 5.73. The highest BCUT2D eigenvalue weighted by Gasteiger charge is 2.65. The monoisotopic (exact) mass is 354 g/mol. The van der Waals surface area contributed by atoms with Gasteiger partial charge in [0.25, 0.3) is 0 Å². The second-order valence-corrected chi connectivity index (χ2v) is 6.64. The fraction of sp³-hybridized carbons (Fsp3) is 0.357. The lowest BCUT2D eigenvalue weighted by Gasteiger charge is -1.97. The number of halogens is 2. The van der Waals surface area contributed by atoms with Crippen molar-refractivity contribution in [3.05, 3.63) is 34.4 Å². The van der Waals surface area contributed by atoms with Gasteiger partial charge in [-0.25, -0.2) is 4.39 Å². The minimum Gasteiger partial charge on any atom is -0.481 e. The largest absolute Gasteiger partial charge is 0.481 e. The van der Waals surface area contributed by atoms with Crippen LogP contribution < -0.4 is 0 Å². The van der Waals surface area contributed by atoms with Crippen LogP contribution in [0.4, 0.5) is 4.39 Å². The number of carboxylic acids is 1. The van der Waals surface area contributed by atoms with Gasteiger partial charge in [0.1, 0.15) is 5.82 Å². The standard InChI is InChI=1S/C14H12BrFN2O3/c1-14(2)9(10(14)13(19)20)12-17-11(18-21-12)6-3-7(15)5-8(16)4-6/h3-5,9-10H,1-2H3,(H,19,20). The molecule has 0 saturated heterocycles. The molecule has 110 valence electrons. The van der Waals surface area contributed by atoms with Crippen LogP contribution in [0.25, 0.3) is 11.4 Å². The van der Waals surface area contributed by atoms with Crippen LogP contribution in [0.15, 0.2) is 27.2 Å². The summed E-state index contributed by atoms with van der Waals surface area (Å²) in [4.78, 5) is 15.4. The summed E-state index contributed by atoms with van der Waals surface area (Å²) in [5, 5.41) is 13.0. The third-order valence-corrected chi connectivity index (χ3v) is 4.38. The third-order valence-electron chi connectivity index (χ3n) is 3.92. The van der Waals surface area contributed by atoms with E-state index in [9.17, 15) is 14.3 Å². The normalized spacial score (nSPS) is 23.0. The van der Waals surface area contributed by atoms with Gasteiger partial charge in [-0.2, -0.15) is 4.98 Å². The van der Waals surface area contributed by atoms with E-state index in [2.05, 4.69) is 26.1 Å². The molecule has 0 amide bonds. The van der Waals surface area contributed by atoms with E-state index in [0.717, 1.165) is 0 Å². The molecule has 2 aromatic rings. The summed E-state index contributed by atoms with van der Waals surface area (Å²) in [5.41, 5.74) is 0.0558. The first kappa shape index (κ1) is 14.2. The van der Waals surface area contributed by atoms with Crippen molar-refractivity contribution in [1.29, 1.82) is 0 Å². The van der Waals surface area contributed by atoms with Crippen molar-refractivity contribution >= 4 is 21.9 Å². The average molecular weight is 355 g/mol. The maximum absolute atomic E-state index is 13.4. The Labute approximate surface area is 128 Å². The van der Waals surface area contributed by atoms with E-state index in [1.165, 1.54) is 12.1 Å². The average Bonchev–Trinajstić information content (AvgIpc) is 2.74. The van der Waals surface area contributed by atoms with Gasteiger partial charge in [-0.3, -0.25) is 4.79 Å². The van der Waals surface area contributed by atoms with E-state index in [0.29, 0.717) is 10.0 Å². The van der Waals surface area contributed by atoms with Crippen molar-refractivity contribution in [1.82, 2.24) is 10.1 Å². The number of rotatable bonds is 3. The Morgan fingerprint density at radius 1 is 1.43 bits per heavy atom. The van der Waals surface area contributed by atoms with Gasteiger partial charge < -0.3 is 9.63 Å². The number of carbonyl (C=O) groups is 1. The zero-order valence-corrected chi connectivity index (χ0v) is 12.9. The maximum atomic E-state index is 13.4. The molecule has 1 aromatic heterocycles. The highest BCUT2D eigenvalue weighted by Crippen LogP contribution is 2.64. The molecule has 2 atom stereocenters. The summed E-state index contributed by atoms with van der Waals surface area (Å²) in [7, 11) is 0. The minimum absolute atomic E-state index is 0.247. The molecule has 7 heteroatoms. The Bertz CT molecular complexity index is 709. The molecule has 1 aromatic carbocycles. The lowest BCUT2D eigenvalue weighted by molar-refractivity contribution is -0.139. The number of carboxylic acid groups (broad SMARTS) is 1. The summed E-state index contributed by atoms with van der Waals surface area (Å²) in [5.74, 6) is -1.61. The van der Waals surface area contributed by atoms with E-state index in [1.54, 1.807) is 6.07 Å². The van der Waals surface area contributed by atoms with Gasteiger partial charge in [0.15, 0.2) is 0 Å². The van der Waals surface area contributed by atoms with Crippen molar-refractivity contribution in [2.24, 2.45) is 11.3 Å². The Hall–Kier alpha value is -1.76. The van der Waals surface area contributed by atoms with Gasteiger partial charge in [0, 0.05) is 10.0 Å². The van der Waals surface area contributed by atoms with Gasteiger partial charge in [0.05, 0.1) is 11.8 Å². The van der Waals surface area contributed by atoms with Crippen LogP contribution in [0.1, 0.15) is 25.7 Å². The molecule has 21 heavy (non-hydrogen) atoms. The first-order valence-electron chi connectivity index (χ1n) is 6.33. The third kappa shape index (κ3) is 2.35. The zero-order valence-electron chi connectivity index (χ0n) is 11.3. The van der Waals surface area contributed by atoms with Crippen LogP contribution in [0.5, 0.6) is 0 Å². The summed E-state index contributed by atoms with van der Waals surface area (Å²) >= 11 is 3.20. The minimum atomic E-state index is -0.877. The molecule has 1 heterocycles. The quantitative estimate of drug-likeness (QED) is 0.913. The van der Waals surface area contributed by atoms with Gasteiger partial charge in [-0.1, -0.05) is 34.9 Å². The molecule has 0 spiro atoms. The Morgan fingerprint density at radius 2 is 2.14 bits per heavy atom. The van der Waals surface area contributed by atoms with Crippen LogP contribution in [0, 0.1) is 17.2 Å². The van der Waals surface area contributed by atoms with Crippen molar-refractivity contribution < 1.29 is 18.8 Å². The van der Waals surface area contributed by atoms with E-state index in [1.807, 2.05) is 13.8 Å². The number of hydrogen-bond acceptors (Lipinski definition) is 4. The molecule has 0 radical (unpaired) electrons. The number of aliphatic carboxylic acids is 1. The Balaban J connectivity index is 1.93. The molecular weight excluding hydrogens is 343 g/mol. The van der Waals surface area contributed by atoms with Crippen molar-refractivity contribution in [3.8, 4) is 11.4 Å². The molecule has 2 unspecified atom stereocenters. The van der Waals surface area contributed by atoms with Gasteiger partial charge in [-0.15, -0.1) is 0 Å². The molecule has 1 aliphatic carbocycles. The molecule has 1 saturated carbocycles. The van der Waals surface area contributed by atoms with Gasteiger partial charge in [-0.05, 0) is 23.6 Å². The van der Waals surface area contributed by atoms with E-state index in [-0.39, 0.29) is 17.6 Å². The van der Waals surface area contributed by atoms with Crippen LogP contribution in [0.3, 0.4) is 0 Å². The lowest BCUT2D eigenvalue weighted by atomic mass is 10.1. The summed E-state index contributed by atoms with van der Waals surface area (Å²) in [6.07, 6.45) is 0.